The van der Waals surface area contributed by atoms with Gasteiger partial charge in [-0.3, -0.25) is 4.79 Å². The molecule has 3 rings (SSSR count). The fraction of sp³-hybridized carbons (Fsp3) is 0.211. The number of methoxy groups -OCH3 is 3. The van der Waals surface area contributed by atoms with E-state index >= 15 is 0 Å². The molecular formula is C19H18N2O6. The van der Waals surface area contributed by atoms with E-state index in [-0.39, 0.29) is 17.9 Å². The molecule has 0 saturated heterocycles. The van der Waals surface area contributed by atoms with E-state index in [4.69, 9.17) is 13.9 Å². The highest BCUT2D eigenvalue weighted by molar-refractivity contribution is 5.86. The second-order valence-electron chi connectivity index (χ2n) is 5.54. The summed E-state index contributed by atoms with van der Waals surface area (Å²) in [4.78, 5) is 23.7. The zero-order valence-corrected chi connectivity index (χ0v) is 15.1. The van der Waals surface area contributed by atoms with Crippen molar-refractivity contribution in [1.82, 2.24) is 9.78 Å². The maximum atomic E-state index is 12.2. The number of furan rings is 1. The Morgan fingerprint density at radius 2 is 1.89 bits per heavy atom. The van der Waals surface area contributed by atoms with Crippen molar-refractivity contribution in [2.24, 2.45) is 0 Å². The Labute approximate surface area is 154 Å². The average molecular weight is 370 g/mol. The van der Waals surface area contributed by atoms with Gasteiger partial charge in [0.25, 0.3) is 5.56 Å². The van der Waals surface area contributed by atoms with Gasteiger partial charge in [-0.25, -0.2) is 9.48 Å². The zero-order valence-electron chi connectivity index (χ0n) is 15.1. The van der Waals surface area contributed by atoms with Crippen molar-refractivity contribution < 1.29 is 23.4 Å². The van der Waals surface area contributed by atoms with Gasteiger partial charge in [0, 0.05) is 17.7 Å². The van der Waals surface area contributed by atoms with E-state index in [2.05, 4.69) is 9.84 Å². The fourth-order valence-corrected chi connectivity index (χ4v) is 2.54. The summed E-state index contributed by atoms with van der Waals surface area (Å²) in [5.41, 5.74) is 0.956. The molecule has 0 radical (unpaired) electrons. The van der Waals surface area contributed by atoms with Gasteiger partial charge in [-0.05, 0) is 30.3 Å². The summed E-state index contributed by atoms with van der Waals surface area (Å²) in [5.74, 6) is 1.10. The van der Waals surface area contributed by atoms with Crippen molar-refractivity contribution in [3.8, 4) is 22.8 Å². The van der Waals surface area contributed by atoms with Crippen molar-refractivity contribution >= 4 is 5.97 Å². The first kappa shape index (κ1) is 18.2. The summed E-state index contributed by atoms with van der Waals surface area (Å²) < 4.78 is 21.8. The number of esters is 1. The monoisotopic (exact) mass is 370 g/mol. The van der Waals surface area contributed by atoms with Gasteiger partial charge in [0.2, 0.25) is 5.76 Å². The van der Waals surface area contributed by atoms with Crippen molar-refractivity contribution in [2.45, 2.75) is 6.54 Å². The van der Waals surface area contributed by atoms with Crippen LogP contribution in [0.1, 0.15) is 16.3 Å². The highest BCUT2D eigenvalue weighted by Crippen LogP contribution is 2.31. The third-order valence-corrected chi connectivity index (χ3v) is 3.91. The lowest BCUT2D eigenvalue weighted by Gasteiger charge is -2.11. The minimum absolute atomic E-state index is 0.0635. The van der Waals surface area contributed by atoms with Crippen molar-refractivity contribution in [3.05, 3.63) is 64.3 Å². The SMILES string of the molecule is COC(=O)c1ccc(Cn2nc(-c3ccc(OC)cc3OC)ccc2=O)o1. The topological polar surface area (TPSA) is 92.8 Å². The fourth-order valence-electron chi connectivity index (χ4n) is 2.54. The predicted molar refractivity (Wildman–Crippen MR) is 96.2 cm³/mol. The highest BCUT2D eigenvalue weighted by Gasteiger charge is 2.14. The lowest BCUT2D eigenvalue weighted by Crippen LogP contribution is -2.22. The van der Waals surface area contributed by atoms with E-state index in [1.54, 1.807) is 44.6 Å². The standard InChI is InChI=1S/C19H18N2O6/c1-24-12-4-6-14(17(10-12)25-2)15-7-9-18(22)21(20-15)11-13-5-8-16(27-13)19(23)26-3/h4-10H,11H2,1-3H3. The van der Waals surface area contributed by atoms with Gasteiger partial charge in [-0.1, -0.05) is 0 Å². The molecule has 1 aromatic carbocycles. The lowest BCUT2D eigenvalue weighted by molar-refractivity contribution is 0.0562. The summed E-state index contributed by atoms with van der Waals surface area (Å²) in [7, 11) is 4.38. The molecule has 8 heteroatoms. The Morgan fingerprint density at radius 3 is 2.59 bits per heavy atom. The van der Waals surface area contributed by atoms with Crippen LogP contribution in [-0.4, -0.2) is 37.1 Å². The minimum Gasteiger partial charge on any atom is -0.497 e. The number of hydrogen-bond donors (Lipinski definition) is 0. The van der Waals surface area contributed by atoms with Gasteiger partial charge in [-0.15, -0.1) is 0 Å². The summed E-state index contributed by atoms with van der Waals surface area (Å²) >= 11 is 0. The van der Waals surface area contributed by atoms with Gasteiger partial charge in [0.05, 0.1) is 27.0 Å². The number of hydrogen-bond acceptors (Lipinski definition) is 7. The summed E-state index contributed by atoms with van der Waals surface area (Å²) in [6.45, 7) is 0.0716. The smallest absolute Gasteiger partial charge is 0.373 e. The highest BCUT2D eigenvalue weighted by atomic mass is 16.5. The van der Waals surface area contributed by atoms with E-state index < -0.39 is 5.97 Å². The number of rotatable bonds is 6. The number of carbonyl (C=O) groups excluding carboxylic acids is 1. The first-order valence-corrected chi connectivity index (χ1v) is 8.03. The van der Waals surface area contributed by atoms with Crippen LogP contribution in [-0.2, 0) is 11.3 Å². The van der Waals surface area contributed by atoms with Crippen LogP contribution in [0.3, 0.4) is 0 Å². The lowest BCUT2D eigenvalue weighted by atomic mass is 10.1. The minimum atomic E-state index is -0.585. The molecule has 8 nitrogen and oxygen atoms in total. The Hall–Kier alpha value is -3.55. The summed E-state index contributed by atoms with van der Waals surface area (Å²) in [6.07, 6.45) is 0. The maximum absolute atomic E-state index is 12.2. The molecule has 0 unspecified atom stereocenters. The zero-order chi connectivity index (χ0) is 19.4. The Morgan fingerprint density at radius 1 is 1.07 bits per heavy atom. The third kappa shape index (κ3) is 3.84. The number of ether oxygens (including phenoxy) is 3. The van der Waals surface area contributed by atoms with Crippen LogP contribution < -0.4 is 15.0 Å². The van der Waals surface area contributed by atoms with Crippen molar-refractivity contribution in [2.75, 3.05) is 21.3 Å². The first-order valence-electron chi connectivity index (χ1n) is 8.03. The number of benzene rings is 1. The van der Waals surface area contributed by atoms with Gasteiger partial charge in [0.15, 0.2) is 0 Å². The molecule has 0 bridgehead atoms. The third-order valence-electron chi connectivity index (χ3n) is 3.91. The molecule has 0 amide bonds. The molecule has 0 fully saturated rings. The molecule has 2 heterocycles. The predicted octanol–water partition coefficient (Wildman–Crippen LogP) is 2.36. The van der Waals surface area contributed by atoms with Crippen LogP contribution in [0.2, 0.25) is 0 Å². The molecule has 0 saturated carbocycles. The van der Waals surface area contributed by atoms with Gasteiger partial charge >= 0.3 is 5.97 Å². The first-order chi connectivity index (χ1) is 13.0. The summed E-state index contributed by atoms with van der Waals surface area (Å²) in [6, 6.07) is 11.4. The maximum Gasteiger partial charge on any atom is 0.373 e. The van der Waals surface area contributed by atoms with Crippen LogP contribution in [0.25, 0.3) is 11.3 Å². The van der Waals surface area contributed by atoms with E-state index in [9.17, 15) is 9.59 Å². The van der Waals surface area contributed by atoms with Crippen LogP contribution in [0.5, 0.6) is 11.5 Å². The van der Waals surface area contributed by atoms with Crippen molar-refractivity contribution in [1.29, 1.82) is 0 Å². The molecule has 2 aromatic heterocycles. The molecular weight excluding hydrogens is 352 g/mol. The van der Waals surface area contributed by atoms with Gasteiger partial charge < -0.3 is 18.6 Å². The van der Waals surface area contributed by atoms with Gasteiger partial charge in [0.1, 0.15) is 23.8 Å². The molecule has 0 aliphatic carbocycles. The van der Waals surface area contributed by atoms with Crippen molar-refractivity contribution in [3.63, 3.8) is 0 Å². The molecule has 0 spiro atoms. The Bertz CT molecular complexity index is 1020. The number of aromatic nitrogens is 2. The van der Waals surface area contributed by atoms with E-state index in [0.29, 0.717) is 28.5 Å². The Kier molecular flexibility index (Phi) is 5.25. The molecule has 0 aliphatic rings. The molecule has 0 atom stereocenters. The van der Waals surface area contributed by atoms with E-state index in [0.717, 1.165) is 0 Å². The number of nitrogens with zero attached hydrogens (tertiary/aromatic N) is 2. The quantitative estimate of drug-likeness (QED) is 0.615. The Balaban J connectivity index is 1.94. The summed E-state index contributed by atoms with van der Waals surface area (Å²) in [5, 5.41) is 4.38. The molecule has 0 aliphatic heterocycles. The van der Waals surface area contributed by atoms with Crippen LogP contribution in [0.4, 0.5) is 0 Å². The normalized spacial score (nSPS) is 10.5. The second kappa shape index (κ2) is 7.77. The number of carbonyl (C=O) groups is 1. The molecule has 0 N–H and O–H groups in total. The molecule has 27 heavy (non-hydrogen) atoms. The van der Waals surface area contributed by atoms with E-state index in [1.807, 2.05) is 0 Å². The largest absolute Gasteiger partial charge is 0.497 e. The van der Waals surface area contributed by atoms with Crippen LogP contribution in [0.15, 0.2) is 51.7 Å². The van der Waals surface area contributed by atoms with Crippen LogP contribution >= 0.6 is 0 Å². The van der Waals surface area contributed by atoms with Gasteiger partial charge in [-0.2, -0.15) is 5.10 Å². The average Bonchev–Trinajstić information content (AvgIpc) is 3.17. The van der Waals surface area contributed by atoms with E-state index in [1.165, 1.54) is 23.9 Å². The molecule has 140 valence electrons. The molecule has 3 aromatic rings. The second-order valence-corrected chi connectivity index (χ2v) is 5.54. The van der Waals surface area contributed by atoms with Crippen LogP contribution in [0, 0.1) is 0 Å².